The van der Waals surface area contributed by atoms with Crippen LogP contribution < -0.4 is 0 Å². The van der Waals surface area contributed by atoms with Crippen molar-refractivity contribution in [3.05, 3.63) is 17.5 Å². The molecule has 0 aliphatic carbocycles. The maximum absolute atomic E-state index is 12.3. The molecule has 14 heavy (non-hydrogen) atoms. The van der Waals surface area contributed by atoms with Crippen LogP contribution in [-0.4, -0.2) is 16.1 Å². The van der Waals surface area contributed by atoms with Crippen molar-refractivity contribution >= 4 is 6.29 Å². The molecule has 0 fully saturated rings. The number of aldehydes is 1. The molecule has 0 unspecified atom stereocenters. The molecule has 6 heteroatoms. The molecular weight excluding hydrogens is 197 g/mol. The van der Waals surface area contributed by atoms with Gasteiger partial charge in [-0.1, -0.05) is 0 Å². The van der Waals surface area contributed by atoms with Crippen molar-refractivity contribution in [3.8, 4) is 0 Å². The predicted octanol–water partition coefficient (Wildman–Crippen LogP) is 2.30. The first-order valence-electron chi connectivity index (χ1n) is 3.97. The van der Waals surface area contributed by atoms with Crippen LogP contribution in [0.2, 0.25) is 0 Å². The highest BCUT2D eigenvalue weighted by Crippen LogP contribution is 2.30. The van der Waals surface area contributed by atoms with Gasteiger partial charge in [-0.15, -0.1) is 0 Å². The third-order valence-electron chi connectivity index (χ3n) is 1.68. The fourth-order valence-corrected chi connectivity index (χ4v) is 0.977. The average Bonchev–Trinajstić information content (AvgIpc) is 2.46. The summed E-state index contributed by atoms with van der Waals surface area (Å²) >= 11 is 0. The molecule has 1 rings (SSSR count). The van der Waals surface area contributed by atoms with Gasteiger partial charge in [0.15, 0.2) is 12.0 Å². The molecule has 0 N–H and O–H groups in total. The largest absolute Gasteiger partial charge is 0.435 e. The molecular formula is C8H9F3N2O. The van der Waals surface area contributed by atoms with Crippen LogP contribution in [0.25, 0.3) is 0 Å². The highest BCUT2D eigenvalue weighted by Gasteiger charge is 2.37. The van der Waals surface area contributed by atoms with E-state index in [0.29, 0.717) is 0 Å². The number of halogens is 3. The third-order valence-corrected chi connectivity index (χ3v) is 1.68. The number of alkyl halides is 3. The summed E-state index contributed by atoms with van der Waals surface area (Å²) in [4.78, 5) is 10.4. The van der Waals surface area contributed by atoms with E-state index in [1.807, 2.05) is 0 Å². The van der Waals surface area contributed by atoms with E-state index in [0.717, 1.165) is 10.9 Å². The highest BCUT2D eigenvalue weighted by atomic mass is 19.4. The minimum absolute atomic E-state index is 0.161. The van der Waals surface area contributed by atoms with E-state index in [9.17, 15) is 18.0 Å². The Hall–Kier alpha value is -1.33. The van der Waals surface area contributed by atoms with Gasteiger partial charge in [-0.25, -0.2) is 0 Å². The van der Waals surface area contributed by atoms with E-state index in [1.54, 1.807) is 13.8 Å². The van der Waals surface area contributed by atoms with Crippen LogP contribution in [0, 0.1) is 0 Å². The van der Waals surface area contributed by atoms with Gasteiger partial charge >= 0.3 is 6.18 Å². The van der Waals surface area contributed by atoms with Gasteiger partial charge in [0.1, 0.15) is 0 Å². The summed E-state index contributed by atoms with van der Waals surface area (Å²) in [6.07, 6.45) is -3.31. The van der Waals surface area contributed by atoms with Gasteiger partial charge < -0.3 is 0 Å². The number of carbonyl (C=O) groups is 1. The highest BCUT2D eigenvalue weighted by molar-refractivity contribution is 5.76. The van der Waals surface area contributed by atoms with Crippen LogP contribution in [0.1, 0.15) is 35.9 Å². The SMILES string of the molecule is CC(C)n1cc(C=O)c(C(F)(F)F)n1. The lowest BCUT2D eigenvalue weighted by atomic mass is 10.3. The standard InChI is InChI=1S/C8H9F3N2O/c1-5(2)13-3-6(4-14)7(12-13)8(9,10)11/h3-5H,1-2H3. The van der Waals surface area contributed by atoms with E-state index >= 15 is 0 Å². The zero-order valence-electron chi connectivity index (χ0n) is 7.67. The molecule has 0 aliphatic rings. The molecule has 0 aliphatic heterocycles. The Labute approximate surface area is 78.5 Å². The van der Waals surface area contributed by atoms with Gasteiger partial charge in [0.05, 0.1) is 5.56 Å². The Balaban J connectivity index is 3.22. The molecule has 0 radical (unpaired) electrons. The average molecular weight is 206 g/mol. The second-order valence-electron chi connectivity index (χ2n) is 3.12. The minimum Gasteiger partial charge on any atom is -0.298 e. The van der Waals surface area contributed by atoms with Crippen LogP contribution in [0.4, 0.5) is 13.2 Å². The van der Waals surface area contributed by atoms with Gasteiger partial charge in [0.2, 0.25) is 0 Å². The number of aromatic nitrogens is 2. The molecule has 0 saturated heterocycles. The fraction of sp³-hybridized carbons (Fsp3) is 0.500. The molecule has 0 spiro atoms. The molecule has 0 aromatic carbocycles. The summed E-state index contributed by atoms with van der Waals surface area (Å²) in [6, 6.07) is -0.204. The first kappa shape index (κ1) is 10.7. The monoisotopic (exact) mass is 206 g/mol. The second kappa shape index (κ2) is 3.43. The topological polar surface area (TPSA) is 34.9 Å². The number of carbonyl (C=O) groups excluding carboxylic acids is 1. The van der Waals surface area contributed by atoms with E-state index in [2.05, 4.69) is 5.10 Å². The Morgan fingerprint density at radius 2 is 2.07 bits per heavy atom. The summed E-state index contributed by atoms with van der Waals surface area (Å²) in [5.41, 5.74) is -1.55. The molecule has 0 amide bonds. The molecule has 0 bridgehead atoms. The van der Waals surface area contributed by atoms with Crippen molar-refractivity contribution in [1.29, 1.82) is 0 Å². The first-order chi connectivity index (χ1) is 6.36. The summed E-state index contributed by atoms with van der Waals surface area (Å²) in [6.45, 7) is 3.36. The molecule has 3 nitrogen and oxygen atoms in total. The Bertz CT molecular complexity index is 341. The van der Waals surface area contributed by atoms with E-state index in [4.69, 9.17) is 0 Å². The summed E-state index contributed by atoms with van der Waals surface area (Å²) in [7, 11) is 0. The Kier molecular flexibility index (Phi) is 2.64. The maximum Gasteiger partial charge on any atom is 0.435 e. The van der Waals surface area contributed by atoms with Gasteiger partial charge in [-0.05, 0) is 13.8 Å². The quantitative estimate of drug-likeness (QED) is 0.696. The van der Waals surface area contributed by atoms with Crippen molar-refractivity contribution in [2.45, 2.75) is 26.1 Å². The lowest BCUT2D eigenvalue weighted by molar-refractivity contribution is -0.141. The van der Waals surface area contributed by atoms with E-state index in [-0.39, 0.29) is 12.3 Å². The van der Waals surface area contributed by atoms with Gasteiger partial charge in [0.25, 0.3) is 0 Å². The Morgan fingerprint density at radius 3 is 2.36 bits per heavy atom. The van der Waals surface area contributed by atoms with Crippen molar-refractivity contribution in [1.82, 2.24) is 9.78 Å². The minimum atomic E-state index is -4.57. The van der Waals surface area contributed by atoms with Crippen molar-refractivity contribution in [3.63, 3.8) is 0 Å². The zero-order chi connectivity index (χ0) is 10.9. The zero-order valence-corrected chi connectivity index (χ0v) is 7.67. The third kappa shape index (κ3) is 1.94. The van der Waals surface area contributed by atoms with Crippen LogP contribution in [0.5, 0.6) is 0 Å². The van der Waals surface area contributed by atoms with Crippen LogP contribution in [0.3, 0.4) is 0 Å². The van der Waals surface area contributed by atoms with Crippen LogP contribution in [0.15, 0.2) is 6.20 Å². The molecule has 1 aromatic rings. The Morgan fingerprint density at radius 1 is 1.50 bits per heavy atom. The normalized spacial score (nSPS) is 12.1. The molecule has 0 saturated carbocycles. The predicted molar refractivity (Wildman–Crippen MR) is 43.0 cm³/mol. The fourth-order valence-electron chi connectivity index (χ4n) is 0.977. The van der Waals surface area contributed by atoms with Gasteiger partial charge in [0, 0.05) is 12.2 Å². The van der Waals surface area contributed by atoms with E-state index < -0.39 is 17.4 Å². The molecule has 78 valence electrons. The lowest BCUT2D eigenvalue weighted by Gasteiger charge is -2.04. The number of rotatable bonds is 2. The van der Waals surface area contributed by atoms with Crippen LogP contribution >= 0.6 is 0 Å². The summed E-state index contributed by atoms with van der Waals surface area (Å²) in [5.74, 6) is 0. The molecule has 1 heterocycles. The number of nitrogens with zero attached hydrogens (tertiary/aromatic N) is 2. The summed E-state index contributed by atoms with van der Waals surface area (Å²) in [5, 5.41) is 3.31. The second-order valence-corrected chi connectivity index (χ2v) is 3.12. The van der Waals surface area contributed by atoms with E-state index in [1.165, 1.54) is 0 Å². The molecule has 0 atom stereocenters. The lowest BCUT2D eigenvalue weighted by Crippen LogP contribution is -2.10. The van der Waals surface area contributed by atoms with Crippen molar-refractivity contribution < 1.29 is 18.0 Å². The molecule has 1 aromatic heterocycles. The smallest absolute Gasteiger partial charge is 0.298 e. The maximum atomic E-state index is 12.3. The van der Waals surface area contributed by atoms with Crippen LogP contribution in [-0.2, 0) is 6.18 Å². The van der Waals surface area contributed by atoms with Crippen molar-refractivity contribution in [2.24, 2.45) is 0 Å². The number of hydrogen-bond acceptors (Lipinski definition) is 2. The summed E-state index contributed by atoms with van der Waals surface area (Å²) < 4.78 is 37.9. The van der Waals surface area contributed by atoms with Gasteiger partial charge in [-0.3, -0.25) is 9.48 Å². The van der Waals surface area contributed by atoms with Gasteiger partial charge in [-0.2, -0.15) is 18.3 Å². The number of hydrogen-bond donors (Lipinski definition) is 0. The van der Waals surface area contributed by atoms with Crippen molar-refractivity contribution in [2.75, 3.05) is 0 Å². The first-order valence-corrected chi connectivity index (χ1v) is 3.97.